The second-order valence-electron chi connectivity index (χ2n) is 2.73. The molecule has 0 aliphatic heterocycles. The second kappa shape index (κ2) is 8.38. The van der Waals surface area contributed by atoms with E-state index in [4.69, 9.17) is 4.74 Å². The van der Waals surface area contributed by atoms with E-state index >= 15 is 0 Å². The molecule has 0 aliphatic carbocycles. The molecular weight excluding hydrogens is 186 g/mol. The lowest BCUT2D eigenvalue weighted by Crippen LogP contribution is -2.35. The zero-order chi connectivity index (χ0) is 10.1. The first-order valence-corrected chi connectivity index (χ1v) is 5.98. The van der Waals surface area contributed by atoms with Crippen molar-refractivity contribution in [1.29, 1.82) is 0 Å². The molecule has 0 fully saturated rings. The maximum absolute atomic E-state index is 11.3. The molecule has 0 radical (unpaired) electrons. The Hall–Kier alpha value is -0.220. The fourth-order valence-electron chi connectivity index (χ4n) is 1.05. The van der Waals surface area contributed by atoms with Crippen molar-refractivity contribution in [3.63, 3.8) is 0 Å². The molecule has 1 atom stereocenters. The van der Waals surface area contributed by atoms with Gasteiger partial charge in [-0.2, -0.15) is 11.8 Å². The maximum atomic E-state index is 11.3. The van der Waals surface area contributed by atoms with E-state index in [-0.39, 0.29) is 12.0 Å². The molecule has 78 valence electrons. The Morgan fingerprint density at radius 1 is 1.62 bits per heavy atom. The molecule has 1 N–H and O–H groups in total. The third-order valence-electron chi connectivity index (χ3n) is 1.76. The standard InChI is InChI=1S/C9H19NO2S/c1-4-12-9(11)8(10-2)6-5-7-13-3/h8,10H,4-7H2,1-3H3. The lowest BCUT2D eigenvalue weighted by Gasteiger charge is -2.13. The topological polar surface area (TPSA) is 38.3 Å². The highest BCUT2D eigenvalue weighted by atomic mass is 32.2. The molecule has 4 heteroatoms. The van der Waals surface area contributed by atoms with Gasteiger partial charge in [0.05, 0.1) is 6.61 Å². The summed E-state index contributed by atoms with van der Waals surface area (Å²) in [5, 5.41) is 2.96. The Bertz CT molecular complexity index is 142. The quantitative estimate of drug-likeness (QED) is 0.502. The summed E-state index contributed by atoms with van der Waals surface area (Å²) in [5.74, 6) is 0.962. The van der Waals surface area contributed by atoms with Crippen molar-refractivity contribution >= 4 is 17.7 Å². The van der Waals surface area contributed by atoms with Gasteiger partial charge in [-0.1, -0.05) is 0 Å². The maximum Gasteiger partial charge on any atom is 0.323 e. The van der Waals surface area contributed by atoms with Gasteiger partial charge in [0.25, 0.3) is 0 Å². The average molecular weight is 205 g/mol. The highest BCUT2D eigenvalue weighted by Crippen LogP contribution is 2.04. The number of rotatable bonds is 7. The monoisotopic (exact) mass is 205 g/mol. The molecule has 0 amide bonds. The number of carbonyl (C=O) groups is 1. The Morgan fingerprint density at radius 3 is 2.77 bits per heavy atom. The number of thioether (sulfide) groups is 1. The van der Waals surface area contributed by atoms with Crippen LogP contribution in [0.1, 0.15) is 19.8 Å². The number of likely N-dealkylation sites (N-methyl/N-ethyl adjacent to an activating group) is 1. The van der Waals surface area contributed by atoms with Gasteiger partial charge in [-0.05, 0) is 38.8 Å². The minimum atomic E-state index is -0.133. The molecular formula is C9H19NO2S. The summed E-state index contributed by atoms with van der Waals surface area (Å²) in [6, 6.07) is -0.132. The SMILES string of the molecule is CCOC(=O)C(CCCSC)NC. The van der Waals surface area contributed by atoms with Gasteiger partial charge in [-0.25, -0.2) is 0 Å². The summed E-state index contributed by atoms with van der Waals surface area (Å²) in [6.45, 7) is 2.28. The normalized spacial score (nSPS) is 12.5. The Balaban J connectivity index is 3.67. The number of hydrogen-bond donors (Lipinski definition) is 1. The van der Waals surface area contributed by atoms with Gasteiger partial charge in [0.2, 0.25) is 0 Å². The lowest BCUT2D eigenvalue weighted by molar-refractivity contribution is -0.145. The van der Waals surface area contributed by atoms with E-state index in [0.717, 1.165) is 18.6 Å². The molecule has 3 nitrogen and oxygen atoms in total. The highest BCUT2D eigenvalue weighted by Gasteiger charge is 2.16. The van der Waals surface area contributed by atoms with Gasteiger partial charge in [-0.15, -0.1) is 0 Å². The van der Waals surface area contributed by atoms with Crippen molar-refractivity contribution in [3.05, 3.63) is 0 Å². The van der Waals surface area contributed by atoms with Gasteiger partial charge in [0.1, 0.15) is 6.04 Å². The first-order valence-electron chi connectivity index (χ1n) is 4.59. The summed E-state index contributed by atoms with van der Waals surface area (Å²) >= 11 is 1.80. The summed E-state index contributed by atoms with van der Waals surface area (Å²) in [6.07, 6.45) is 3.97. The zero-order valence-electron chi connectivity index (χ0n) is 8.63. The van der Waals surface area contributed by atoms with Crippen LogP contribution < -0.4 is 5.32 Å². The van der Waals surface area contributed by atoms with Crippen LogP contribution in [0.4, 0.5) is 0 Å². The van der Waals surface area contributed by atoms with E-state index in [1.54, 1.807) is 18.8 Å². The van der Waals surface area contributed by atoms with Crippen LogP contribution in [0.25, 0.3) is 0 Å². The van der Waals surface area contributed by atoms with Crippen molar-refractivity contribution in [1.82, 2.24) is 5.32 Å². The predicted molar refractivity (Wildman–Crippen MR) is 57.1 cm³/mol. The summed E-state index contributed by atoms with van der Waals surface area (Å²) in [5.41, 5.74) is 0. The minimum Gasteiger partial charge on any atom is -0.465 e. The summed E-state index contributed by atoms with van der Waals surface area (Å²) < 4.78 is 4.92. The molecule has 0 saturated heterocycles. The number of carbonyl (C=O) groups excluding carboxylic acids is 1. The molecule has 0 heterocycles. The molecule has 0 aromatic carbocycles. The third kappa shape index (κ3) is 5.93. The van der Waals surface area contributed by atoms with Crippen LogP contribution in [-0.2, 0) is 9.53 Å². The highest BCUT2D eigenvalue weighted by molar-refractivity contribution is 7.98. The number of esters is 1. The van der Waals surface area contributed by atoms with Crippen LogP contribution in [0.3, 0.4) is 0 Å². The van der Waals surface area contributed by atoms with E-state index in [1.807, 2.05) is 6.92 Å². The van der Waals surface area contributed by atoms with Crippen LogP contribution in [0.2, 0.25) is 0 Å². The molecule has 0 aromatic rings. The van der Waals surface area contributed by atoms with Crippen LogP contribution in [0.5, 0.6) is 0 Å². The van der Waals surface area contributed by atoms with Crippen molar-refractivity contribution in [2.75, 3.05) is 25.7 Å². The largest absolute Gasteiger partial charge is 0.465 e. The third-order valence-corrected chi connectivity index (χ3v) is 2.46. The van der Waals surface area contributed by atoms with Crippen LogP contribution in [-0.4, -0.2) is 37.7 Å². The fourth-order valence-corrected chi connectivity index (χ4v) is 1.51. The number of hydrogen-bond acceptors (Lipinski definition) is 4. The van der Waals surface area contributed by atoms with Gasteiger partial charge in [0, 0.05) is 0 Å². The van der Waals surface area contributed by atoms with Crippen molar-refractivity contribution in [3.8, 4) is 0 Å². The molecule has 0 spiro atoms. The first-order chi connectivity index (χ1) is 6.26. The van der Waals surface area contributed by atoms with E-state index in [1.165, 1.54) is 0 Å². The van der Waals surface area contributed by atoms with Gasteiger partial charge in [-0.3, -0.25) is 4.79 Å². The summed E-state index contributed by atoms with van der Waals surface area (Å²) in [7, 11) is 1.79. The summed E-state index contributed by atoms with van der Waals surface area (Å²) in [4.78, 5) is 11.3. The van der Waals surface area contributed by atoms with Crippen molar-refractivity contribution in [2.24, 2.45) is 0 Å². The molecule has 13 heavy (non-hydrogen) atoms. The molecule has 1 unspecified atom stereocenters. The van der Waals surface area contributed by atoms with Crippen LogP contribution >= 0.6 is 11.8 Å². The van der Waals surface area contributed by atoms with Gasteiger partial charge >= 0.3 is 5.97 Å². The number of ether oxygens (including phenoxy) is 1. The minimum absolute atomic E-state index is 0.132. The molecule has 0 bridgehead atoms. The molecule has 0 saturated carbocycles. The molecule has 0 aliphatic rings. The fraction of sp³-hybridized carbons (Fsp3) is 0.889. The second-order valence-corrected chi connectivity index (χ2v) is 3.71. The number of nitrogens with one attached hydrogen (secondary N) is 1. The van der Waals surface area contributed by atoms with E-state index < -0.39 is 0 Å². The van der Waals surface area contributed by atoms with Gasteiger partial charge < -0.3 is 10.1 Å². The van der Waals surface area contributed by atoms with Crippen LogP contribution in [0.15, 0.2) is 0 Å². The van der Waals surface area contributed by atoms with E-state index in [2.05, 4.69) is 11.6 Å². The van der Waals surface area contributed by atoms with Crippen LogP contribution in [0, 0.1) is 0 Å². The van der Waals surface area contributed by atoms with Crippen molar-refractivity contribution in [2.45, 2.75) is 25.8 Å². The van der Waals surface area contributed by atoms with Gasteiger partial charge in [0.15, 0.2) is 0 Å². The first kappa shape index (κ1) is 12.8. The lowest BCUT2D eigenvalue weighted by atomic mass is 10.2. The van der Waals surface area contributed by atoms with Crippen molar-refractivity contribution < 1.29 is 9.53 Å². The average Bonchev–Trinajstić information content (AvgIpc) is 2.13. The Kier molecular flexibility index (Phi) is 8.24. The Labute approximate surface area is 84.6 Å². The van der Waals surface area contributed by atoms with E-state index in [9.17, 15) is 4.79 Å². The Morgan fingerprint density at radius 2 is 2.31 bits per heavy atom. The molecule has 0 aromatic heterocycles. The predicted octanol–water partition coefficient (Wildman–Crippen LogP) is 1.28. The smallest absolute Gasteiger partial charge is 0.323 e. The molecule has 0 rings (SSSR count). The zero-order valence-corrected chi connectivity index (χ0v) is 9.45. The van der Waals surface area contributed by atoms with E-state index in [0.29, 0.717) is 6.61 Å².